The van der Waals surface area contributed by atoms with Crippen molar-refractivity contribution >= 4 is 15.7 Å². The molecule has 1 aromatic carbocycles. The Morgan fingerprint density at radius 1 is 1.21 bits per heavy atom. The van der Waals surface area contributed by atoms with E-state index in [0.29, 0.717) is 17.7 Å². The lowest BCUT2D eigenvalue weighted by Gasteiger charge is -2.30. The molecule has 0 atom stereocenters. The minimum atomic E-state index is -3.68. The number of benzene rings is 1. The quantitative estimate of drug-likeness (QED) is 0.844. The Morgan fingerprint density at radius 3 is 2.42 bits per heavy atom. The number of oxazole rings is 1. The number of sulfone groups is 1. The number of hydrogen-bond acceptors (Lipinski definition) is 5. The van der Waals surface area contributed by atoms with Crippen LogP contribution >= 0.6 is 0 Å². The summed E-state index contributed by atoms with van der Waals surface area (Å²) in [5, 5.41) is 0.0406. The summed E-state index contributed by atoms with van der Waals surface area (Å²) in [6.07, 6.45) is 2.94. The first-order valence-corrected chi connectivity index (χ1v) is 9.96. The van der Waals surface area contributed by atoms with Gasteiger partial charge in [0.1, 0.15) is 0 Å². The number of aryl methyl sites for hydroxylation is 2. The van der Waals surface area contributed by atoms with Gasteiger partial charge in [0.2, 0.25) is 20.7 Å². The summed E-state index contributed by atoms with van der Waals surface area (Å²) in [4.78, 5) is 6.47. The van der Waals surface area contributed by atoms with Crippen LogP contribution in [0.4, 0.5) is 5.88 Å². The molecule has 0 saturated carbocycles. The molecule has 3 rings (SSSR count). The van der Waals surface area contributed by atoms with E-state index in [-0.39, 0.29) is 9.92 Å². The van der Waals surface area contributed by atoms with Gasteiger partial charge in [-0.1, -0.05) is 26.0 Å². The van der Waals surface area contributed by atoms with Crippen LogP contribution in [0.15, 0.2) is 38.6 Å². The largest absolute Gasteiger partial charge is 0.424 e. The third kappa shape index (κ3) is 3.20. The van der Waals surface area contributed by atoms with Gasteiger partial charge in [0.05, 0.1) is 4.90 Å². The molecule has 5 nitrogen and oxygen atoms in total. The van der Waals surface area contributed by atoms with Crippen molar-refractivity contribution in [3.05, 3.63) is 35.7 Å². The second kappa shape index (κ2) is 6.59. The molecular formula is C18H24N2O3S. The van der Waals surface area contributed by atoms with Crippen LogP contribution in [0, 0.1) is 12.8 Å². The molecule has 1 aliphatic heterocycles. The van der Waals surface area contributed by atoms with Crippen LogP contribution in [-0.2, 0) is 16.3 Å². The lowest BCUT2D eigenvalue weighted by Crippen LogP contribution is -2.33. The highest BCUT2D eigenvalue weighted by Gasteiger charge is 2.31. The van der Waals surface area contributed by atoms with Gasteiger partial charge in [0, 0.05) is 20.0 Å². The van der Waals surface area contributed by atoms with Crippen molar-refractivity contribution in [2.75, 3.05) is 18.0 Å². The van der Waals surface area contributed by atoms with Crippen molar-refractivity contribution < 1.29 is 12.8 Å². The molecule has 0 radical (unpaired) electrons. The highest BCUT2D eigenvalue weighted by atomic mass is 32.2. The summed E-state index contributed by atoms with van der Waals surface area (Å²) in [5.74, 6) is 1.43. The molecule has 1 fully saturated rings. The van der Waals surface area contributed by atoms with Gasteiger partial charge in [0.25, 0.3) is 0 Å². The van der Waals surface area contributed by atoms with Crippen molar-refractivity contribution in [1.82, 2.24) is 4.98 Å². The second-order valence-electron chi connectivity index (χ2n) is 6.51. The number of anilines is 1. The average Bonchev–Trinajstić information content (AvgIpc) is 2.98. The maximum Gasteiger partial charge on any atom is 0.236 e. The van der Waals surface area contributed by atoms with E-state index in [9.17, 15) is 8.42 Å². The van der Waals surface area contributed by atoms with Gasteiger partial charge in [-0.05, 0) is 42.9 Å². The van der Waals surface area contributed by atoms with E-state index in [2.05, 4.69) is 11.9 Å². The zero-order chi connectivity index (χ0) is 17.3. The molecule has 1 aromatic heterocycles. The van der Waals surface area contributed by atoms with E-state index in [4.69, 9.17) is 4.42 Å². The van der Waals surface area contributed by atoms with Crippen LogP contribution in [0.25, 0.3) is 0 Å². The maximum absolute atomic E-state index is 13.0. The van der Waals surface area contributed by atoms with Gasteiger partial charge < -0.3 is 9.32 Å². The minimum Gasteiger partial charge on any atom is -0.424 e. The summed E-state index contributed by atoms with van der Waals surface area (Å²) >= 11 is 0. The number of rotatable bonds is 4. The molecule has 6 heteroatoms. The Labute approximate surface area is 143 Å². The average molecular weight is 348 g/mol. The number of nitrogens with zero attached hydrogens (tertiary/aromatic N) is 2. The maximum atomic E-state index is 13.0. The molecule has 0 aliphatic carbocycles. The van der Waals surface area contributed by atoms with Crippen molar-refractivity contribution in [2.24, 2.45) is 5.92 Å². The van der Waals surface area contributed by atoms with Crippen LogP contribution < -0.4 is 4.90 Å². The van der Waals surface area contributed by atoms with E-state index >= 15 is 0 Å². The van der Waals surface area contributed by atoms with Gasteiger partial charge in [-0.3, -0.25) is 0 Å². The van der Waals surface area contributed by atoms with Crippen LogP contribution in [0.3, 0.4) is 0 Å². The fourth-order valence-corrected chi connectivity index (χ4v) is 4.37. The third-order valence-corrected chi connectivity index (χ3v) is 6.32. The van der Waals surface area contributed by atoms with Crippen LogP contribution in [0.5, 0.6) is 0 Å². The Balaban J connectivity index is 1.98. The monoisotopic (exact) mass is 348 g/mol. The molecule has 0 spiro atoms. The van der Waals surface area contributed by atoms with Gasteiger partial charge >= 0.3 is 0 Å². The summed E-state index contributed by atoms with van der Waals surface area (Å²) in [7, 11) is -3.68. The molecule has 1 aliphatic rings. The van der Waals surface area contributed by atoms with E-state index in [0.717, 1.165) is 37.9 Å². The Kier molecular flexibility index (Phi) is 4.67. The lowest BCUT2D eigenvalue weighted by molar-refractivity contribution is 0.410. The van der Waals surface area contributed by atoms with E-state index in [1.54, 1.807) is 19.1 Å². The number of hydrogen-bond donors (Lipinski definition) is 0. The third-order valence-electron chi connectivity index (χ3n) is 4.65. The molecule has 0 amide bonds. The van der Waals surface area contributed by atoms with Crippen molar-refractivity contribution in [3.63, 3.8) is 0 Å². The highest BCUT2D eigenvalue weighted by molar-refractivity contribution is 7.91. The molecule has 0 N–H and O–H groups in total. The van der Waals surface area contributed by atoms with E-state index < -0.39 is 9.84 Å². The smallest absolute Gasteiger partial charge is 0.236 e. The summed E-state index contributed by atoms with van der Waals surface area (Å²) in [6, 6.07) is 7.00. The summed E-state index contributed by atoms with van der Waals surface area (Å²) in [5.41, 5.74) is 1.11. The van der Waals surface area contributed by atoms with Crippen molar-refractivity contribution in [1.29, 1.82) is 0 Å². The Hall–Kier alpha value is -1.82. The van der Waals surface area contributed by atoms with Crippen molar-refractivity contribution in [2.45, 2.75) is 50.0 Å². The number of aromatic nitrogens is 1. The Bertz CT molecular complexity index is 801. The summed E-state index contributed by atoms with van der Waals surface area (Å²) < 4.78 is 31.7. The van der Waals surface area contributed by atoms with Crippen LogP contribution in [0.2, 0.25) is 0 Å². The molecule has 2 aromatic rings. The van der Waals surface area contributed by atoms with Gasteiger partial charge in [-0.15, -0.1) is 0 Å². The standard InChI is InChI=1S/C18H24N2O3S/c1-4-15-5-7-16(8-6-15)24(21,22)17-18(23-14(3)19-17)20-11-9-13(2)10-12-20/h5-8,13H,4,9-12H2,1-3H3. The molecule has 1 saturated heterocycles. The fraction of sp³-hybridized carbons (Fsp3) is 0.500. The van der Waals surface area contributed by atoms with Gasteiger partial charge in [-0.25, -0.2) is 8.42 Å². The van der Waals surface area contributed by atoms with Crippen LogP contribution in [0.1, 0.15) is 38.1 Å². The predicted molar refractivity (Wildman–Crippen MR) is 93.1 cm³/mol. The normalized spacial score (nSPS) is 16.5. The second-order valence-corrected chi connectivity index (χ2v) is 8.38. The van der Waals surface area contributed by atoms with Crippen molar-refractivity contribution in [3.8, 4) is 0 Å². The minimum absolute atomic E-state index is 0.0406. The molecule has 2 heterocycles. The zero-order valence-electron chi connectivity index (χ0n) is 14.4. The highest BCUT2D eigenvalue weighted by Crippen LogP contribution is 2.33. The van der Waals surface area contributed by atoms with E-state index in [1.807, 2.05) is 24.0 Å². The molecule has 24 heavy (non-hydrogen) atoms. The fourth-order valence-electron chi connectivity index (χ4n) is 3.00. The zero-order valence-corrected chi connectivity index (χ0v) is 15.3. The molecule has 0 unspecified atom stereocenters. The Morgan fingerprint density at radius 2 is 1.83 bits per heavy atom. The summed E-state index contributed by atoms with van der Waals surface area (Å²) in [6.45, 7) is 7.55. The molecule has 130 valence electrons. The lowest BCUT2D eigenvalue weighted by atomic mass is 9.99. The number of piperidine rings is 1. The van der Waals surface area contributed by atoms with Gasteiger partial charge in [0.15, 0.2) is 5.89 Å². The van der Waals surface area contributed by atoms with Gasteiger partial charge in [-0.2, -0.15) is 4.98 Å². The van der Waals surface area contributed by atoms with Crippen LogP contribution in [-0.4, -0.2) is 26.5 Å². The van der Waals surface area contributed by atoms with E-state index in [1.165, 1.54) is 0 Å². The predicted octanol–water partition coefficient (Wildman–Crippen LogP) is 3.61. The molecular weight excluding hydrogens is 324 g/mol. The first kappa shape index (κ1) is 17.0. The first-order chi connectivity index (χ1) is 11.4. The first-order valence-electron chi connectivity index (χ1n) is 8.48. The molecule has 0 bridgehead atoms. The SMILES string of the molecule is CCc1ccc(S(=O)(=O)c2nc(C)oc2N2CCC(C)CC2)cc1. The topological polar surface area (TPSA) is 63.4 Å².